The van der Waals surface area contributed by atoms with Gasteiger partial charge in [0.05, 0.1) is 0 Å². The minimum absolute atomic E-state index is 0. The standard InChI is InChI=1S/C14H30O2S3.Na.H2O/c1-2-3-4-5-6-7-8-9-12-17-18-13-10-11-14-19(15)16;;/h2-14H2,1H3,(H,15,16);;1H2/q;+1;/p-1. The van der Waals surface area contributed by atoms with Gasteiger partial charge in [-0.2, -0.15) is 0 Å². The molecule has 0 rings (SSSR count). The van der Waals surface area contributed by atoms with Gasteiger partial charge in [0.15, 0.2) is 0 Å². The van der Waals surface area contributed by atoms with Crippen LogP contribution in [-0.2, 0) is 11.1 Å². The summed E-state index contributed by atoms with van der Waals surface area (Å²) >= 11 is -1.85. The Labute approximate surface area is 163 Å². The zero-order chi connectivity index (χ0) is 14.2. The summed E-state index contributed by atoms with van der Waals surface area (Å²) in [7, 11) is 3.84. The van der Waals surface area contributed by atoms with Crippen molar-refractivity contribution in [3.63, 3.8) is 0 Å². The third-order valence-electron chi connectivity index (χ3n) is 2.95. The predicted octanol–water partition coefficient (Wildman–Crippen LogP) is 1.35. The first-order valence-corrected chi connectivity index (χ1v) is 11.3. The first-order chi connectivity index (χ1) is 9.27. The van der Waals surface area contributed by atoms with Crippen molar-refractivity contribution in [2.45, 2.75) is 71.1 Å². The minimum Gasteiger partial charge on any atom is -0.772 e. The van der Waals surface area contributed by atoms with E-state index >= 15 is 0 Å². The summed E-state index contributed by atoms with van der Waals surface area (Å²) in [6.07, 6.45) is 12.9. The van der Waals surface area contributed by atoms with Crippen LogP contribution in [0.25, 0.3) is 0 Å². The number of hydrogen-bond acceptors (Lipinski definition) is 4. The molecule has 0 saturated heterocycles. The van der Waals surface area contributed by atoms with E-state index in [0.29, 0.717) is 5.75 Å². The molecule has 0 aliphatic rings. The summed E-state index contributed by atoms with van der Waals surface area (Å²) in [6, 6.07) is 0. The second-order valence-electron chi connectivity index (χ2n) is 4.83. The maximum absolute atomic E-state index is 10.3. The molecule has 1 atom stereocenters. The van der Waals surface area contributed by atoms with E-state index in [0.717, 1.165) is 18.6 Å². The SMILES string of the molecule is CCCCCCCCCCSSCCCCS(=O)[O-].O.[Na+]. The Kier molecular flexibility index (Phi) is 31.6. The minimum atomic E-state index is -1.85. The predicted molar refractivity (Wildman–Crippen MR) is 94.2 cm³/mol. The summed E-state index contributed by atoms with van der Waals surface area (Å²) in [6.45, 7) is 2.26. The van der Waals surface area contributed by atoms with E-state index in [2.05, 4.69) is 6.92 Å². The molecule has 0 heterocycles. The summed E-state index contributed by atoms with van der Waals surface area (Å²) in [5, 5.41) is 0. The molecule has 0 spiro atoms. The van der Waals surface area contributed by atoms with Crippen molar-refractivity contribution >= 4 is 32.7 Å². The molecule has 7 heteroatoms. The van der Waals surface area contributed by atoms with Crippen LogP contribution in [0.1, 0.15) is 71.1 Å². The number of unbranched alkanes of at least 4 members (excludes halogenated alkanes) is 8. The van der Waals surface area contributed by atoms with Crippen LogP contribution in [0.2, 0.25) is 0 Å². The molecule has 0 aliphatic heterocycles. The fourth-order valence-electron chi connectivity index (χ4n) is 1.79. The van der Waals surface area contributed by atoms with Gasteiger partial charge in [-0.05, 0) is 19.3 Å². The van der Waals surface area contributed by atoms with E-state index in [-0.39, 0.29) is 35.0 Å². The van der Waals surface area contributed by atoms with Gasteiger partial charge < -0.3 is 10.0 Å². The molecule has 124 valence electrons. The van der Waals surface area contributed by atoms with Crippen molar-refractivity contribution < 1.29 is 43.8 Å². The van der Waals surface area contributed by atoms with E-state index in [1.165, 1.54) is 57.1 Å². The Bertz CT molecular complexity index is 210. The fourth-order valence-corrected chi connectivity index (χ4v) is 4.53. The van der Waals surface area contributed by atoms with Crippen LogP contribution in [0, 0.1) is 0 Å². The van der Waals surface area contributed by atoms with Crippen LogP contribution in [0.15, 0.2) is 0 Å². The van der Waals surface area contributed by atoms with E-state index in [1.54, 1.807) is 0 Å². The molecule has 0 aliphatic carbocycles. The topological polar surface area (TPSA) is 71.6 Å². The van der Waals surface area contributed by atoms with Crippen LogP contribution in [0.5, 0.6) is 0 Å². The van der Waals surface area contributed by atoms with Gasteiger partial charge in [-0.1, -0.05) is 84.5 Å². The molecule has 0 radical (unpaired) electrons. The van der Waals surface area contributed by atoms with Crippen LogP contribution < -0.4 is 29.6 Å². The molecule has 0 aromatic rings. The van der Waals surface area contributed by atoms with E-state index < -0.39 is 11.1 Å². The Morgan fingerprint density at radius 3 is 1.71 bits per heavy atom. The molecule has 0 fully saturated rings. The van der Waals surface area contributed by atoms with E-state index in [1.807, 2.05) is 21.6 Å². The van der Waals surface area contributed by atoms with E-state index in [4.69, 9.17) is 0 Å². The molecule has 0 saturated carbocycles. The van der Waals surface area contributed by atoms with Gasteiger partial charge in [-0.3, -0.25) is 4.21 Å². The average Bonchev–Trinajstić information content (AvgIpc) is 2.39. The molecule has 0 bridgehead atoms. The fraction of sp³-hybridized carbons (Fsp3) is 1.00. The molecule has 3 nitrogen and oxygen atoms in total. The second kappa shape index (κ2) is 24.0. The molecule has 1 unspecified atom stereocenters. The summed E-state index contributed by atoms with van der Waals surface area (Å²) in [5.74, 6) is 2.65. The number of rotatable bonds is 15. The monoisotopic (exact) mass is 366 g/mol. The van der Waals surface area contributed by atoms with Crippen LogP contribution in [-0.4, -0.2) is 31.5 Å². The second-order valence-corrected chi connectivity index (χ2v) is 8.55. The number of hydrogen-bond donors (Lipinski definition) is 0. The normalized spacial score (nSPS) is 11.5. The van der Waals surface area contributed by atoms with Gasteiger partial charge in [0.2, 0.25) is 0 Å². The Balaban J connectivity index is -0.00000162. The summed E-state index contributed by atoms with van der Waals surface area (Å²) in [4.78, 5) is 0. The Morgan fingerprint density at radius 2 is 1.24 bits per heavy atom. The Hall–Kier alpha value is 1.77. The summed E-state index contributed by atoms with van der Waals surface area (Å²) in [5.41, 5.74) is 0. The smallest absolute Gasteiger partial charge is 0.772 e. The van der Waals surface area contributed by atoms with Crippen molar-refractivity contribution in [2.24, 2.45) is 0 Å². The zero-order valence-corrected chi connectivity index (χ0v) is 18.2. The molecule has 2 N–H and O–H groups in total. The maximum Gasteiger partial charge on any atom is 1.00 e. The van der Waals surface area contributed by atoms with Crippen molar-refractivity contribution in [1.29, 1.82) is 0 Å². The van der Waals surface area contributed by atoms with Crippen molar-refractivity contribution in [3.8, 4) is 0 Å². The van der Waals surface area contributed by atoms with Gasteiger partial charge in [0, 0.05) is 17.3 Å². The van der Waals surface area contributed by atoms with Gasteiger partial charge in [0.1, 0.15) is 0 Å². The summed E-state index contributed by atoms with van der Waals surface area (Å²) < 4.78 is 20.6. The molecule has 0 aromatic heterocycles. The van der Waals surface area contributed by atoms with E-state index in [9.17, 15) is 8.76 Å². The van der Waals surface area contributed by atoms with Crippen LogP contribution >= 0.6 is 21.6 Å². The average molecular weight is 367 g/mol. The Morgan fingerprint density at radius 1 is 0.810 bits per heavy atom. The first kappa shape index (κ1) is 27.6. The van der Waals surface area contributed by atoms with Crippen LogP contribution in [0.3, 0.4) is 0 Å². The zero-order valence-electron chi connectivity index (χ0n) is 13.7. The van der Waals surface area contributed by atoms with Gasteiger partial charge in [0.25, 0.3) is 0 Å². The van der Waals surface area contributed by atoms with Crippen molar-refractivity contribution in [2.75, 3.05) is 17.3 Å². The molecule has 21 heavy (non-hydrogen) atoms. The largest absolute Gasteiger partial charge is 1.00 e. The third-order valence-corrected chi connectivity index (χ3v) is 6.15. The van der Waals surface area contributed by atoms with Gasteiger partial charge in [-0.25, -0.2) is 0 Å². The molecule has 0 aromatic carbocycles. The van der Waals surface area contributed by atoms with Gasteiger partial charge >= 0.3 is 29.6 Å². The quantitative estimate of drug-likeness (QED) is 0.190. The first-order valence-electron chi connectivity index (χ1n) is 7.57. The van der Waals surface area contributed by atoms with Gasteiger partial charge in [-0.15, -0.1) is 0 Å². The maximum atomic E-state index is 10.3. The van der Waals surface area contributed by atoms with Crippen LogP contribution in [0.4, 0.5) is 0 Å². The van der Waals surface area contributed by atoms with Crippen molar-refractivity contribution in [3.05, 3.63) is 0 Å². The molecular weight excluding hydrogens is 335 g/mol. The van der Waals surface area contributed by atoms with Crippen molar-refractivity contribution in [1.82, 2.24) is 0 Å². The molecular formula is C14H31NaO3S3. The third kappa shape index (κ3) is 26.9. The molecule has 0 amide bonds.